The topological polar surface area (TPSA) is 20.3 Å². The van der Waals surface area contributed by atoms with Crippen molar-refractivity contribution in [2.45, 2.75) is 6.92 Å². The van der Waals surface area contributed by atoms with E-state index in [4.69, 9.17) is 11.6 Å². The Labute approximate surface area is 60.1 Å². The number of rotatable bonds is 2. The Balaban J connectivity index is 4.00. The van der Waals surface area contributed by atoms with Gasteiger partial charge in [-0.25, -0.2) is 0 Å². The molecule has 0 heterocycles. The Morgan fingerprint density at radius 1 is 1.56 bits per heavy atom. The van der Waals surface area contributed by atoms with Gasteiger partial charge in [0.05, 0.1) is 0 Å². The maximum absolute atomic E-state index is 10.2. The summed E-state index contributed by atoms with van der Waals surface area (Å²) in [6.07, 6.45) is 1.38. The molecule has 52 valence electrons. The molecule has 0 bridgehead atoms. The van der Waals surface area contributed by atoms with Crippen molar-refractivity contribution in [2.24, 2.45) is 0 Å². The van der Waals surface area contributed by atoms with Gasteiger partial charge in [0.2, 0.25) is 5.24 Å². The van der Waals surface area contributed by atoms with Gasteiger partial charge in [0.25, 0.3) is 0 Å². The van der Waals surface area contributed by atoms with Crippen molar-refractivity contribution in [1.29, 1.82) is 0 Å². The van der Waals surface area contributed by atoms with E-state index in [-0.39, 0.29) is 0 Å². The number of nitrogens with zero attached hydrogens (tertiary/aromatic N) is 1. The smallest absolute Gasteiger partial charge is 0.246 e. The Hall–Kier alpha value is -0.500. The summed E-state index contributed by atoms with van der Waals surface area (Å²) in [6.45, 7) is 1.82. The molecule has 0 saturated heterocycles. The van der Waals surface area contributed by atoms with Gasteiger partial charge in [-0.15, -0.1) is 0 Å². The molecule has 0 fully saturated rings. The third kappa shape index (κ3) is 4.03. The maximum Gasteiger partial charge on any atom is 0.246 e. The predicted molar refractivity (Wildman–Crippen MR) is 38.3 cm³/mol. The molecule has 0 saturated carbocycles. The Bertz CT molecular complexity index is 140. The quantitative estimate of drug-likeness (QED) is 0.433. The molecule has 0 aliphatic heterocycles. The predicted octanol–water partition coefficient (Wildman–Crippen LogP) is 1.22. The van der Waals surface area contributed by atoms with Crippen LogP contribution < -0.4 is 0 Å². The van der Waals surface area contributed by atoms with E-state index < -0.39 is 5.24 Å². The van der Waals surface area contributed by atoms with Crippen molar-refractivity contribution in [2.75, 3.05) is 14.1 Å². The molecule has 0 aromatic carbocycles. The number of allylic oxidation sites excluding steroid dienone is 2. The Kier molecular flexibility index (Phi) is 3.32. The summed E-state index contributed by atoms with van der Waals surface area (Å²) in [5.74, 6) is 0. The highest BCUT2D eigenvalue weighted by atomic mass is 35.5. The van der Waals surface area contributed by atoms with E-state index in [1.807, 2.05) is 25.9 Å². The number of halogens is 1. The summed E-state index contributed by atoms with van der Waals surface area (Å²) < 4.78 is 0. The second-order valence-electron chi connectivity index (χ2n) is 1.98. The fourth-order valence-corrected chi connectivity index (χ4v) is 0.451. The molecule has 0 aliphatic rings. The zero-order valence-corrected chi connectivity index (χ0v) is 6.57. The Morgan fingerprint density at radius 3 is 2.11 bits per heavy atom. The number of carbonyl (C=O) groups excluding carboxylic acids is 1. The van der Waals surface area contributed by atoms with Gasteiger partial charge in [0.15, 0.2) is 0 Å². The van der Waals surface area contributed by atoms with Crippen LogP contribution >= 0.6 is 11.6 Å². The minimum Gasteiger partial charge on any atom is -0.381 e. The SMILES string of the molecule is CC(=CC(=O)Cl)N(C)C. The monoisotopic (exact) mass is 147 g/mol. The molecule has 0 aromatic heterocycles. The molecule has 9 heavy (non-hydrogen) atoms. The van der Waals surface area contributed by atoms with Gasteiger partial charge in [-0.3, -0.25) is 4.79 Å². The number of hydrogen-bond donors (Lipinski definition) is 0. The molecule has 0 N–H and O–H groups in total. The third-order valence-electron chi connectivity index (χ3n) is 1.03. The second kappa shape index (κ2) is 3.51. The van der Waals surface area contributed by atoms with E-state index in [1.54, 1.807) is 0 Å². The first-order valence-electron chi connectivity index (χ1n) is 2.59. The molecule has 0 unspecified atom stereocenters. The van der Waals surface area contributed by atoms with Crippen LogP contribution in [-0.4, -0.2) is 24.2 Å². The van der Waals surface area contributed by atoms with Crippen LogP contribution in [0, 0.1) is 0 Å². The lowest BCUT2D eigenvalue weighted by atomic mass is 10.4. The van der Waals surface area contributed by atoms with Crippen molar-refractivity contribution >= 4 is 16.8 Å². The molecule has 0 spiro atoms. The first kappa shape index (κ1) is 8.50. The largest absolute Gasteiger partial charge is 0.381 e. The molecule has 0 aliphatic carbocycles. The van der Waals surface area contributed by atoms with Crippen molar-refractivity contribution in [3.05, 3.63) is 11.8 Å². The normalized spacial score (nSPS) is 11.3. The van der Waals surface area contributed by atoms with Crippen LogP contribution in [0.25, 0.3) is 0 Å². The third-order valence-corrected chi connectivity index (χ3v) is 1.14. The summed E-state index contributed by atoms with van der Waals surface area (Å²) in [5.41, 5.74) is 0.856. The van der Waals surface area contributed by atoms with E-state index in [2.05, 4.69) is 0 Å². The average molecular weight is 148 g/mol. The fraction of sp³-hybridized carbons (Fsp3) is 0.500. The minimum atomic E-state index is -0.429. The van der Waals surface area contributed by atoms with Crippen LogP contribution in [0.3, 0.4) is 0 Å². The zero-order chi connectivity index (χ0) is 7.44. The first-order valence-corrected chi connectivity index (χ1v) is 2.97. The fourth-order valence-electron chi connectivity index (χ4n) is 0.293. The molecule has 0 aromatic rings. The lowest BCUT2D eigenvalue weighted by Crippen LogP contribution is -2.08. The van der Waals surface area contributed by atoms with E-state index >= 15 is 0 Å². The number of carbonyl (C=O) groups is 1. The standard InChI is InChI=1S/C6H10ClNO/c1-5(8(2)3)4-6(7)9/h4H,1-3H3. The zero-order valence-electron chi connectivity index (χ0n) is 5.81. The summed E-state index contributed by atoms with van der Waals surface area (Å²) in [4.78, 5) is 12.0. The summed E-state index contributed by atoms with van der Waals surface area (Å²) in [6, 6.07) is 0. The lowest BCUT2D eigenvalue weighted by molar-refractivity contribution is -0.107. The Morgan fingerprint density at radius 2 is 2.00 bits per heavy atom. The maximum atomic E-state index is 10.2. The van der Waals surface area contributed by atoms with Crippen LogP contribution in [0.4, 0.5) is 0 Å². The van der Waals surface area contributed by atoms with Gasteiger partial charge in [-0.2, -0.15) is 0 Å². The van der Waals surface area contributed by atoms with Crippen LogP contribution in [0.5, 0.6) is 0 Å². The van der Waals surface area contributed by atoms with Crippen molar-refractivity contribution in [3.8, 4) is 0 Å². The molecular weight excluding hydrogens is 138 g/mol. The van der Waals surface area contributed by atoms with Gasteiger partial charge < -0.3 is 4.90 Å². The summed E-state index contributed by atoms with van der Waals surface area (Å²) >= 11 is 5.07. The van der Waals surface area contributed by atoms with Crippen molar-refractivity contribution in [1.82, 2.24) is 4.90 Å². The van der Waals surface area contributed by atoms with Gasteiger partial charge >= 0.3 is 0 Å². The molecule has 3 heteroatoms. The minimum absolute atomic E-state index is 0.429. The van der Waals surface area contributed by atoms with Crippen molar-refractivity contribution < 1.29 is 4.79 Å². The van der Waals surface area contributed by atoms with Crippen LogP contribution in [-0.2, 0) is 4.79 Å². The number of hydrogen-bond acceptors (Lipinski definition) is 2. The molecule has 0 amide bonds. The highest BCUT2D eigenvalue weighted by molar-refractivity contribution is 6.66. The van der Waals surface area contributed by atoms with E-state index in [0.29, 0.717) is 0 Å². The van der Waals surface area contributed by atoms with E-state index in [9.17, 15) is 4.79 Å². The molecule has 2 nitrogen and oxygen atoms in total. The molecule has 0 rings (SSSR count). The highest BCUT2D eigenvalue weighted by Crippen LogP contribution is 1.96. The van der Waals surface area contributed by atoms with Gasteiger partial charge in [-0.05, 0) is 18.5 Å². The molecular formula is C6H10ClNO. The first-order chi connectivity index (χ1) is 4.04. The van der Waals surface area contributed by atoms with Crippen LogP contribution in [0.15, 0.2) is 11.8 Å². The van der Waals surface area contributed by atoms with Crippen LogP contribution in [0.2, 0.25) is 0 Å². The average Bonchev–Trinajstić information content (AvgIpc) is 1.63. The molecule has 0 radical (unpaired) electrons. The van der Waals surface area contributed by atoms with Gasteiger partial charge in [0.1, 0.15) is 0 Å². The van der Waals surface area contributed by atoms with Gasteiger partial charge in [-0.1, -0.05) is 0 Å². The summed E-state index contributed by atoms with van der Waals surface area (Å²) in [7, 11) is 3.71. The summed E-state index contributed by atoms with van der Waals surface area (Å²) in [5, 5.41) is -0.429. The van der Waals surface area contributed by atoms with E-state index in [0.717, 1.165) is 5.70 Å². The lowest BCUT2D eigenvalue weighted by Gasteiger charge is -2.10. The molecule has 0 atom stereocenters. The van der Waals surface area contributed by atoms with Crippen molar-refractivity contribution in [3.63, 3.8) is 0 Å². The highest BCUT2D eigenvalue weighted by Gasteiger charge is 1.93. The second-order valence-corrected chi connectivity index (χ2v) is 2.36. The van der Waals surface area contributed by atoms with Crippen LogP contribution in [0.1, 0.15) is 6.92 Å². The van der Waals surface area contributed by atoms with E-state index in [1.165, 1.54) is 6.08 Å². The van der Waals surface area contributed by atoms with Gasteiger partial charge in [0, 0.05) is 25.9 Å².